The van der Waals surface area contributed by atoms with Crippen LogP contribution in [0.2, 0.25) is 0 Å². The van der Waals surface area contributed by atoms with Gasteiger partial charge in [0, 0.05) is 18.5 Å². The van der Waals surface area contributed by atoms with Crippen LogP contribution in [0.1, 0.15) is 31.0 Å². The molecule has 0 aromatic carbocycles. The van der Waals surface area contributed by atoms with Crippen LogP contribution in [0.15, 0.2) is 5.38 Å². The van der Waals surface area contributed by atoms with Gasteiger partial charge in [-0.3, -0.25) is 0 Å². The summed E-state index contributed by atoms with van der Waals surface area (Å²) in [5, 5.41) is 12.8. The Bertz CT molecular complexity index is 304. The number of thiazole rings is 1. The van der Waals surface area contributed by atoms with Crippen molar-refractivity contribution in [3.63, 3.8) is 0 Å². The number of aliphatic hydroxyl groups is 1. The van der Waals surface area contributed by atoms with Crippen molar-refractivity contribution in [1.82, 2.24) is 9.88 Å². The number of nitrogens with zero attached hydrogens (tertiary/aromatic N) is 2. The van der Waals surface area contributed by atoms with Crippen LogP contribution in [-0.4, -0.2) is 34.2 Å². The summed E-state index contributed by atoms with van der Waals surface area (Å²) < 4.78 is 0. The van der Waals surface area contributed by atoms with Crippen molar-refractivity contribution in [2.75, 3.05) is 13.6 Å². The summed E-state index contributed by atoms with van der Waals surface area (Å²) in [6, 6.07) is 0. The van der Waals surface area contributed by atoms with Crippen LogP contribution in [0.3, 0.4) is 0 Å². The Kier molecular flexibility index (Phi) is 4.25. The van der Waals surface area contributed by atoms with Gasteiger partial charge in [-0.15, -0.1) is 11.3 Å². The number of hydrogen-bond donors (Lipinski definition) is 1. The van der Waals surface area contributed by atoms with Crippen LogP contribution in [-0.2, 0) is 6.54 Å². The zero-order chi connectivity index (χ0) is 11.5. The molecule has 3 nitrogen and oxygen atoms in total. The monoisotopic (exact) mass is 228 g/mol. The van der Waals surface area contributed by atoms with Crippen molar-refractivity contribution in [3.8, 4) is 0 Å². The van der Waals surface area contributed by atoms with Crippen LogP contribution < -0.4 is 0 Å². The maximum Gasteiger partial charge on any atom is 0.0897 e. The van der Waals surface area contributed by atoms with Gasteiger partial charge in [-0.2, -0.15) is 0 Å². The van der Waals surface area contributed by atoms with Crippen molar-refractivity contribution in [3.05, 3.63) is 16.1 Å². The molecular weight excluding hydrogens is 208 g/mol. The van der Waals surface area contributed by atoms with Crippen molar-refractivity contribution in [2.24, 2.45) is 0 Å². The fourth-order valence-electron chi connectivity index (χ4n) is 1.30. The van der Waals surface area contributed by atoms with E-state index >= 15 is 0 Å². The standard InChI is InChI=1S/C11H20N2OS/c1-9-12-10(8-15-9)7-13(4)6-5-11(2,3)14/h8,14H,5-7H2,1-4H3. The first-order valence-corrected chi connectivity index (χ1v) is 6.07. The van der Waals surface area contributed by atoms with Crippen LogP contribution >= 0.6 is 11.3 Å². The van der Waals surface area contributed by atoms with Gasteiger partial charge in [0.25, 0.3) is 0 Å². The van der Waals surface area contributed by atoms with Gasteiger partial charge in [0.2, 0.25) is 0 Å². The van der Waals surface area contributed by atoms with E-state index in [1.54, 1.807) is 11.3 Å². The Balaban J connectivity index is 2.33. The van der Waals surface area contributed by atoms with E-state index in [4.69, 9.17) is 0 Å². The molecule has 0 unspecified atom stereocenters. The number of rotatable bonds is 5. The van der Waals surface area contributed by atoms with Gasteiger partial charge in [0.1, 0.15) is 0 Å². The first kappa shape index (κ1) is 12.6. The van der Waals surface area contributed by atoms with Gasteiger partial charge in [0.05, 0.1) is 16.3 Å². The predicted molar refractivity (Wildman–Crippen MR) is 64.1 cm³/mol. The summed E-state index contributed by atoms with van der Waals surface area (Å²) in [4.78, 5) is 6.60. The highest BCUT2D eigenvalue weighted by molar-refractivity contribution is 7.09. The van der Waals surface area contributed by atoms with Crippen molar-refractivity contribution < 1.29 is 5.11 Å². The molecule has 0 aliphatic rings. The van der Waals surface area contributed by atoms with E-state index in [2.05, 4.69) is 22.3 Å². The van der Waals surface area contributed by atoms with E-state index < -0.39 is 5.60 Å². The third kappa shape index (κ3) is 5.25. The summed E-state index contributed by atoms with van der Waals surface area (Å²) in [6.07, 6.45) is 0.784. The minimum absolute atomic E-state index is 0.577. The lowest BCUT2D eigenvalue weighted by Gasteiger charge is -2.21. The quantitative estimate of drug-likeness (QED) is 0.838. The molecule has 0 amide bonds. The molecule has 0 fully saturated rings. The van der Waals surface area contributed by atoms with Gasteiger partial charge in [-0.25, -0.2) is 4.98 Å². The van der Waals surface area contributed by atoms with Gasteiger partial charge in [-0.1, -0.05) is 0 Å². The summed E-state index contributed by atoms with van der Waals surface area (Å²) in [5.41, 5.74) is 0.544. The van der Waals surface area contributed by atoms with Crippen molar-refractivity contribution in [2.45, 2.75) is 39.3 Å². The Morgan fingerprint density at radius 3 is 2.67 bits per heavy atom. The average Bonchev–Trinajstić information content (AvgIpc) is 2.47. The van der Waals surface area contributed by atoms with E-state index in [0.29, 0.717) is 0 Å². The Morgan fingerprint density at radius 2 is 2.20 bits per heavy atom. The second-order valence-electron chi connectivity index (χ2n) is 4.66. The molecule has 0 aliphatic carbocycles. The van der Waals surface area contributed by atoms with Crippen LogP contribution in [0.4, 0.5) is 0 Å². The molecule has 0 atom stereocenters. The molecule has 0 aliphatic heterocycles. The van der Waals surface area contributed by atoms with E-state index in [9.17, 15) is 5.11 Å². The normalized spacial score (nSPS) is 12.4. The summed E-state index contributed by atoms with van der Waals surface area (Å²) >= 11 is 1.68. The zero-order valence-corrected chi connectivity index (χ0v) is 10.8. The van der Waals surface area contributed by atoms with E-state index in [1.807, 2.05) is 20.8 Å². The first-order chi connectivity index (χ1) is 6.87. The molecule has 1 aromatic rings. The topological polar surface area (TPSA) is 36.4 Å². The van der Waals surface area contributed by atoms with Gasteiger partial charge < -0.3 is 10.0 Å². The van der Waals surface area contributed by atoms with Crippen LogP contribution in [0.25, 0.3) is 0 Å². The molecule has 1 rings (SSSR count). The fourth-order valence-corrected chi connectivity index (χ4v) is 1.90. The summed E-state index contributed by atoms with van der Waals surface area (Å²) in [7, 11) is 2.06. The van der Waals surface area contributed by atoms with Gasteiger partial charge in [-0.05, 0) is 34.2 Å². The summed E-state index contributed by atoms with van der Waals surface area (Å²) in [6.45, 7) is 7.45. The van der Waals surface area contributed by atoms with E-state index in [-0.39, 0.29) is 0 Å². The Hall–Kier alpha value is -0.450. The molecule has 1 heterocycles. The molecule has 0 bridgehead atoms. The molecule has 0 spiro atoms. The third-order valence-corrected chi connectivity index (χ3v) is 3.03. The molecule has 0 radical (unpaired) electrons. The highest BCUT2D eigenvalue weighted by atomic mass is 32.1. The molecule has 0 saturated carbocycles. The molecular formula is C11H20N2OS. The lowest BCUT2D eigenvalue weighted by Crippen LogP contribution is -2.28. The zero-order valence-electron chi connectivity index (χ0n) is 9.95. The van der Waals surface area contributed by atoms with Crippen molar-refractivity contribution >= 4 is 11.3 Å². The number of hydrogen-bond acceptors (Lipinski definition) is 4. The van der Waals surface area contributed by atoms with Crippen LogP contribution in [0.5, 0.6) is 0 Å². The van der Waals surface area contributed by atoms with Gasteiger partial charge in [0.15, 0.2) is 0 Å². The molecule has 0 saturated heterocycles. The average molecular weight is 228 g/mol. The molecule has 4 heteroatoms. The lowest BCUT2D eigenvalue weighted by molar-refractivity contribution is 0.0598. The SMILES string of the molecule is Cc1nc(CN(C)CCC(C)(C)O)cs1. The van der Waals surface area contributed by atoms with E-state index in [0.717, 1.165) is 30.2 Å². The molecule has 86 valence electrons. The minimum Gasteiger partial charge on any atom is -0.390 e. The second kappa shape index (κ2) is 5.05. The highest BCUT2D eigenvalue weighted by Gasteiger charge is 2.13. The molecule has 1 aromatic heterocycles. The fraction of sp³-hybridized carbons (Fsp3) is 0.727. The number of aromatic nitrogens is 1. The van der Waals surface area contributed by atoms with Crippen LogP contribution in [0, 0.1) is 6.92 Å². The molecule has 1 N–H and O–H groups in total. The first-order valence-electron chi connectivity index (χ1n) is 5.19. The smallest absolute Gasteiger partial charge is 0.0897 e. The van der Waals surface area contributed by atoms with Crippen molar-refractivity contribution in [1.29, 1.82) is 0 Å². The third-order valence-electron chi connectivity index (χ3n) is 2.20. The Labute approximate surface area is 95.8 Å². The maximum atomic E-state index is 9.60. The van der Waals surface area contributed by atoms with Gasteiger partial charge >= 0.3 is 0 Å². The predicted octanol–water partition coefficient (Wildman–Crippen LogP) is 2.04. The highest BCUT2D eigenvalue weighted by Crippen LogP contribution is 2.12. The molecule has 15 heavy (non-hydrogen) atoms. The largest absolute Gasteiger partial charge is 0.390 e. The minimum atomic E-state index is -0.577. The van der Waals surface area contributed by atoms with E-state index in [1.165, 1.54) is 0 Å². The number of aryl methyl sites for hydroxylation is 1. The summed E-state index contributed by atoms with van der Waals surface area (Å²) in [5.74, 6) is 0. The maximum absolute atomic E-state index is 9.60. The lowest BCUT2D eigenvalue weighted by atomic mass is 10.1. The second-order valence-corrected chi connectivity index (χ2v) is 5.72. The Morgan fingerprint density at radius 1 is 1.53 bits per heavy atom.